The first-order valence-electron chi connectivity index (χ1n) is 6.48. The standard InChI is InChI=1S/C13H22N2O4S/c1-3-10(6-7-16)9-15-20(17,18)11-4-5-13(19-2)12(14)8-11/h4-5,8,10,15-16H,3,6-7,9,14H2,1-2H3. The number of ether oxygens (including phenoxy) is 1. The fourth-order valence-corrected chi connectivity index (χ4v) is 2.97. The molecule has 0 bridgehead atoms. The Morgan fingerprint density at radius 2 is 2.15 bits per heavy atom. The molecule has 0 spiro atoms. The van der Waals surface area contributed by atoms with E-state index < -0.39 is 10.0 Å². The first-order chi connectivity index (χ1) is 9.44. The normalized spacial score (nSPS) is 13.2. The number of methoxy groups -OCH3 is 1. The molecule has 0 amide bonds. The number of rotatable bonds is 8. The summed E-state index contributed by atoms with van der Waals surface area (Å²) in [6.45, 7) is 2.31. The SMILES string of the molecule is CCC(CCO)CNS(=O)(=O)c1ccc(OC)c(N)c1. The Kier molecular flexibility index (Phi) is 6.25. The van der Waals surface area contributed by atoms with Crippen LogP contribution in [-0.2, 0) is 10.0 Å². The lowest BCUT2D eigenvalue weighted by molar-refractivity contribution is 0.254. The average molecular weight is 302 g/mol. The van der Waals surface area contributed by atoms with E-state index in [0.717, 1.165) is 6.42 Å². The van der Waals surface area contributed by atoms with Crippen LogP contribution >= 0.6 is 0 Å². The van der Waals surface area contributed by atoms with Gasteiger partial charge in [0.15, 0.2) is 0 Å². The van der Waals surface area contributed by atoms with Gasteiger partial charge in [-0.1, -0.05) is 13.3 Å². The highest BCUT2D eigenvalue weighted by Crippen LogP contribution is 2.24. The minimum atomic E-state index is -3.60. The van der Waals surface area contributed by atoms with Crippen molar-refractivity contribution in [1.29, 1.82) is 0 Å². The number of nitrogens with one attached hydrogen (secondary N) is 1. The molecule has 20 heavy (non-hydrogen) atoms. The number of anilines is 1. The van der Waals surface area contributed by atoms with Gasteiger partial charge in [0, 0.05) is 13.2 Å². The summed E-state index contributed by atoms with van der Waals surface area (Å²) in [4.78, 5) is 0.106. The maximum absolute atomic E-state index is 12.1. The highest BCUT2D eigenvalue weighted by Gasteiger charge is 2.17. The molecule has 7 heteroatoms. The molecule has 0 aliphatic carbocycles. The van der Waals surface area contributed by atoms with E-state index in [0.29, 0.717) is 18.7 Å². The van der Waals surface area contributed by atoms with Crippen molar-refractivity contribution in [3.05, 3.63) is 18.2 Å². The Balaban J connectivity index is 2.81. The van der Waals surface area contributed by atoms with E-state index in [1.54, 1.807) is 0 Å². The van der Waals surface area contributed by atoms with Gasteiger partial charge in [-0.15, -0.1) is 0 Å². The Labute approximate surface area is 120 Å². The minimum absolute atomic E-state index is 0.0513. The topological polar surface area (TPSA) is 102 Å². The van der Waals surface area contributed by atoms with Crippen molar-refractivity contribution in [2.75, 3.05) is 26.0 Å². The zero-order valence-corrected chi connectivity index (χ0v) is 12.6. The largest absolute Gasteiger partial charge is 0.495 e. The third-order valence-corrected chi connectivity index (χ3v) is 4.61. The van der Waals surface area contributed by atoms with Crippen molar-refractivity contribution in [3.63, 3.8) is 0 Å². The molecule has 0 aliphatic rings. The number of aliphatic hydroxyl groups is 1. The van der Waals surface area contributed by atoms with E-state index in [1.165, 1.54) is 25.3 Å². The number of hydrogen-bond acceptors (Lipinski definition) is 5. The first-order valence-corrected chi connectivity index (χ1v) is 7.97. The smallest absolute Gasteiger partial charge is 0.240 e. The molecular weight excluding hydrogens is 280 g/mol. The molecule has 1 atom stereocenters. The molecule has 1 aromatic carbocycles. The molecule has 1 rings (SSSR count). The second-order valence-electron chi connectivity index (χ2n) is 4.54. The Bertz CT molecular complexity index is 531. The van der Waals surface area contributed by atoms with Gasteiger partial charge in [0.1, 0.15) is 5.75 Å². The van der Waals surface area contributed by atoms with Gasteiger partial charge in [-0.25, -0.2) is 13.1 Å². The van der Waals surface area contributed by atoms with Gasteiger partial charge >= 0.3 is 0 Å². The summed E-state index contributed by atoms with van der Waals surface area (Å²) in [6, 6.07) is 4.34. The van der Waals surface area contributed by atoms with Crippen molar-refractivity contribution < 1.29 is 18.3 Å². The average Bonchev–Trinajstić information content (AvgIpc) is 2.43. The summed E-state index contributed by atoms with van der Waals surface area (Å²) in [5, 5.41) is 8.90. The molecule has 1 aromatic rings. The monoisotopic (exact) mass is 302 g/mol. The Hall–Kier alpha value is -1.31. The highest BCUT2D eigenvalue weighted by atomic mass is 32.2. The molecule has 0 saturated heterocycles. The lowest BCUT2D eigenvalue weighted by atomic mass is 10.0. The quantitative estimate of drug-likeness (QED) is 0.621. The van der Waals surface area contributed by atoms with Crippen LogP contribution in [0.5, 0.6) is 5.75 Å². The molecule has 114 valence electrons. The highest BCUT2D eigenvalue weighted by molar-refractivity contribution is 7.89. The van der Waals surface area contributed by atoms with Crippen LogP contribution in [0.25, 0.3) is 0 Å². The summed E-state index contributed by atoms with van der Waals surface area (Å²) >= 11 is 0. The summed E-state index contributed by atoms with van der Waals surface area (Å²) in [7, 11) is -2.13. The third-order valence-electron chi connectivity index (χ3n) is 3.19. The number of benzene rings is 1. The maximum atomic E-state index is 12.1. The summed E-state index contributed by atoms with van der Waals surface area (Å²) < 4.78 is 31.8. The molecule has 0 radical (unpaired) electrons. The molecule has 6 nitrogen and oxygen atoms in total. The lowest BCUT2D eigenvalue weighted by Gasteiger charge is -2.15. The van der Waals surface area contributed by atoms with E-state index in [2.05, 4.69) is 4.72 Å². The van der Waals surface area contributed by atoms with Gasteiger partial charge in [0.05, 0.1) is 17.7 Å². The zero-order valence-electron chi connectivity index (χ0n) is 11.8. The number of sulfonamides is 1. The predicted molar refractivity (Wildman–Crippen MR) is 78.1 cm³/mol. The van der Waals surface area contributed by atoms with Crippen molar-refractivity contribution in [1.82, 2.24) is 4.72 Å². The third kappa shape index (κ3) is 4.36. The summed E-state index contributed by atoms with van der Waals surface area (Å²) in [5.74, 6) is 0.557. The fourth-order valence-electron chi connectivity index (χ4n) is 1.82. The van der Waals surface area contributed by atoms with Crippen LogP contribution in [0.1, 0.15) is 19.8 Å². The van der Waals surface area contributed by atoms with E-state index in [9.17, 15) is 8.42 Å². The van der Waals surface area contributed by atoms with Crippen LogP contribution in [0.15, 0.2) is 23.1 Å². The van der Waals surface area contributed by atoms with Gasteiger partial charge in [0.25, 0.3) is 0 Å². The number of hydrogen-bond donors (Lipinski definition) is 3. The second kappa shape index (κ2) is 7.47. The molecular formula is C13H22N2O4S. The summed E-state index contributed by atoms with van der Waals surface area (Å²) in [6.07, 6.45) is 1.37. The van der Waals surface area contributed by atoms with Gasteiger partial charge in [-0.05, 0) is 30.5 Å². The van der Waals surface area contributed by atoms with E-state index >= 15 is 0 Å². The number of aliphatic hydroxyl groups excluding tert-OH is 1. The van der Waals surface area contributed by atoms with Crippen LogP contribution < -0.4 is 15.2 Å². The van der Waals surface area contributed by atoms with E-state index in [-0.39, 0.29) is 23.1 Å². The molecule has 0 aliphatic heterocycles. The first kappa shape index (κ1) is 16.7. The maximum Gasteiger partial charge on any atom is 0.240 e. The molecule has 0 saturated carbocycles. The fraction of sp³-hybridized carbons (Fsp3) is 0.538. The van der Waals surface area contributed by atoms with Gasteiger partial charge < -0.3 is 15.6 Å². The number of nitrogen functional groups attached to an aromatic ring is 1. The minimum Gasteiger partial charge on any atom is -0.495 e. The van der Waals surface area contributed by atoms with Crippen molar-refractivity contribution in [3.8, 4) is 5.75 Å². The zero-order chi connectivity index (χ0) is 15.2. The van der Waals surface area contributed by atoms with Crippen LogP contribution in [0.3, 0.4) is 0 Å². The van der Waals surface area contributed by atoms with Gasteiger partial charge in [-0.2, -0.15) is 0 Å². The van der Waals surface area contributed by atoms with Crippen LogP contribution in [0.4, 0.5) is 5.69 Å². The molecule has 4 N–H and O–H groups in total. The Morgan fingerprint density at radius 3 is 2.65 bits per heavy atom. The van der Waals surface area contributed by atoms with Crippen molar-refractivity contribution in [2.24, 2.45) is 5.92 Å². The Morgan fingerprint density at radius 1 is 1.45 bits per heavy atom. The van der Waals surface area contributed by atoms with Crippen molar-refractivity contribution >= 4 is 15.7 Å². The molecule has 0 aromatic heterocycles. The molecule has 0 heterocycles. The predicted octanol–water partition coefficient (Wildman–Crippen LogP) is 0.964. The molecule has 0 fully saturated rings. The second-order valence-corrected chi connectivity index (χ2v) is 6.31. The summed E-state index contributed by atoms with van der Waals surface area (Å²) in [5.41, 5.74) is 5.98. The van der Waals surface area contributed by atoms with Crippen LogP contribution in [-0.4, -0.2) is 33.8 Å². The van der Waals surface area contributed by atoms with Gasteiger partial charge in [0.2, 0.25) is 10.0 Å². The lowest BCUT2D eigenvalue weighted by Crippen LogP contribution is -2.29. The van der Waals surface area contributed by atoms with Crippen LogP contribution in [0, 0.1) is 5.92 Å². The van der Waals surface area contributed by atoms with Gasteiger partial charge in [-0.3, -0.25) is 0 Å². The van der Waals surface area contributed by atoms with E-state index in [1.807, 2.05) is 6.92 Å². The molecule has 1 unspecified atom stereocenters. The number of nitrogens with two attached hydrogens (primary N) is 1. The van der Waals surface area contributed by atoms with Crippen molar-refractivity contribution in [2.45, 2.75) is 24.7 Å². The van der Waals surface area contributed by atoms with E-state index in [4.69, 9.17) is 15.6 Å². The van der Waals surface area contributed by atoms with Crippen LogP contribution in [0.2, 0.25) is 0 Å².